The summed E-state index contributed by atoms with van der Waals surface area (Å²) in [6.07, 6.45) is 2.75. The fraction of sp³-hybridized carbons (Fsp3) is 0.200. The van der Waals surface area contributed by atoms with E-state index < -0.39 is 0 Å². The number of rotatable bonds is 5. The average molecular weight is 353 g/mol. The molecule has 3 rings (SSSR count). The highest BCUT2D eigenvalue weighted by atomic mass is 35.5. The Morgan fingerprint density at radius 2 is 1.84 bits per heavy atom. The van der Waals surface area contributed by atoms with Crippen LogP contribution in [0.15, 0.2) is 65.8 Å². The third-order valence-electron chi connectivity index (χ3n) is 4.02. The van der Waals surface area contributed by atoms with E-state index in [-0.39, 0.29) is 0 Å². The Balaban J connectivity index is 1.54. The quantitative estimate of drug-likeness (QED) is 0.542. The lowest BCUT2D eigenvalue weighted by molar-refractivity contribution is 0.787. The largest absolute Gasteiger partial charge is 0.356 e. The Hall–Kier alpha value is -2.59. The minimum Gasteiger partial charge on any atom is -0.356 e. The van der Waals surface area contributed by atoms with E-state index in [2.05, 4.69) is 32.7 Å². The first kappa shape index (κ1) is 17.2. The lowest BCUT2D eigenvalue weighted by Gasteiger charge is -2.12. The first-order valence-corrected chi connectivity index (χ1v) is 8.65. The number of hydrogen-bond donors (Lipinski definition) is 2. The highest BCUT2D eigenvalue weighted by Gasteiger charge is 2.03. The third kappa shape index (κ3) is 4.70. The fourth-order valence-electron chi connectivity index (χ4n) is 2.69. The molecule has 0 radical (unpaired) electrons. The molecule has 0 aliphatic carbocycles. The van der Waals surface area contributed by atoms with Gasteiger partial charge in [-0.3, -0.25) is 9.98 Å². The normalized spacial score (nSPS) is 11.5. The van der Waals surface area contributed by atoms with E-state index in [0.29, 0.717) is 6.54 Å². The number of halogens is 1. The molecule has 0 saturated heterocycles. The van der Waals surface area contributed by atoms with Gasteiger partial charge in [0, 0.05) is 30.2 Å². The topological polar surface area (TPSA) is 49.3 Å². The van der Waals surface area contributed by atoms with Crippen molar-refractivity contribution in [3.8, 4) is 0 Å². The van der Waals surface area contributed by atoms with Gasteiger partial charge in [0.25, 0.3) is 0 Å². The standard InChI is InChI=1S/C20H21ClN4/c1-22-20(24-12-10-15-6-8-17(21)9-7-15)25-14-19-18-5-3-2-4-16(18)11-13-23-19/h2-9,11,13H,10,12,14H2,1H3,(H2,22,24,25). The number of nitrogens with one attached hydrogen (secondary N) is 2. The maximum atomic E-state index is 5.91. The van der Waals surface area contributed by atoms with Crippen molar-refractivity contribution in [2.24, 2.45) is 4.99 Å². The first-order chi connectivity index (χ1) is 12.3. The molecule has 5 heteroatoms. The van der Waals surface area contributed by atoms with Gasteiger partial charge in [0.1, 0.15) is 0 Å². The lowest BCUT2D eigenvalue weighted by Crippen LogP contribution is -2.38. The van der Waals surface area contributed by atoms with Gasteiger partial charge in [-0.05, 0) is 35.6 Å². The molecule has 128 valence electrons. The van der Waals surface area contributed by atoms with Crippen LogP contribution in [-0.4, -0.2) is 24.5 Å². The van der Waals surface area contributed by atoms with Gasteiger partial charge in [-0.15, -0.1) is 0 Å². The summed E-state index contributed by atoms with van der Waals surface area (Å²) in [6, 6.07) is 18.2. The zero-order chi connectivity index (χ0) is 17.5. The summed E-state index contributed by atoms with van der Waals surface area (Å²) in [7, 11) is 1.77. The molecule has 0 saturated carbocycles. The van der Waals surface area contributed by atoms with Crippen molar-refractivity contribution in [2.45, 2.75) is 13.0 Å². The van der Waals surface area contributed by atoms with E-state index in [4.69, 9.17) is 11.6 Å². The predicted octanol–water partition coefficient (Wildman–Crippen LogP) is 3.80. The van der Waals surface area contributed by atoms with Crippen LogP contribution in [0.2, 0.25) is 5.02 Å². The second-order valence-corrected chi connectivity index (χ2v) is 6.14. The van der Waals surface area contributed by atoms with Crippen molar-refractivity contribution in [3.05, 3.63) is 77.1 Å². The van der Waals surface area contributed by atoms with E-state index >= 15 is 0 Å². The first-order valence-electron chi connectivity index (χ1n) is 8.28. The molecule has 3 aromatic rings. The Labute approximate surface area is 153 Å². The van der Waals surface area contributed by atoms with Crippen molar-refractivity contribution >= 4 is 28.3 Å². The summed E-state index contributed by atoms with van der Waals surface area (Å²) >= 11 is 5.91. The molecule has 2 aromatic carbocycles. The molecule has 0 atom stereocenters. The van der Waals surface area contributed by atoms with Gasteiger partial charge >= 0.3 is 0 Å². The Morgan fingerprint density at radius 3 is 2.64 bits per heavy atom. The SMILES string of the molecule is CN=C(NCCc1ccc(Cl)cc1)NCc1nccc2ccccc12. The summed E-state index contributed by atoms with van der Waals surface area (Å²) in [5.74, 6) is 0.767. The molecule has 1 heterocycles. The Kier molecular flexibility index (Phi) is 5.86. The van der Waals surface area contributed by atoms with Crippen LogP contribution in [-0.2, 0) is 13.0 Å². The predicted molar refractivity (Wildman–Crippen MR) is 105 cm³/mol. The van der Waals surface area contributed by atoms with E-state index in [1.807, 2.05) is 48.7 Å². The average Bonchev–Trinajstić information content (AvgIpc) is 2.66. The molecule has 4 nitrogen and oxygen atoms in total. The Morgan fingerprint density at radius 1 is 1.04 bits per heavy atom. The van der Waals surface area contributed by atoms with Gasteiger partial charge in [0.15, 0.2) is 5.96 Å². The molecule has 25 heavy (non-hydrogen) atoms. The van der Waals surface area contributed by atoms with Gasteiger partial charge in [-0.2, -0.15) is 0 Å². The van der Waals surface area contributed by atoms with Crippen molar-refractivity contribution in [1.29, 1.82) is 0 Å². The van der Waals surface area contributed by atoms with Crippen LogP contribution >= 0.6 is 11.6 Å². The highest BCUT2D eigenvalue weighted by Crippen LogP contribution is 2.15. The summed E-state index contributed by atoms with van der Waals surface area (Å²) in [4.78, 5) is 8.77. The Bertz CT molecular complexity index is 854. The molecule has 0 amide bonds. The smallest absolute Gasteiger partial charge is 0.191 e. The van der Waals surface area contributed by atoms with E-state index in [0.717, 1.165) is 35.0 Å². The summed E-state index contributed by atoms with van der Waals surface area (Å²) in [6.45, 7) is 1.42. The zero-order valence-corrected chi connectivity index (χ0v) is 14.9. The van der Waals surface area contributed by atoms with E-state index in [1.54, 1.807) is 7.05 Å². The van der Waals surface area contributed by atoms with Gasteiger partial charge in [0.05, 0.1) is 12.2 Å². The lowest BCUT2D eigenvalue weighted by atomic mass is 10.1. The molecule has 0 bridgehead atoms. The van der Waals surface area contributed by atoms with Crippen LogP contribution in [0.3, 0.4) is 0 Å². The van der Waals surface area contributed by atoms with Crippen LogP contribution in [0.25, 0.3) is 10.8 Å². The molecule has 0 unspecified atom stereocenters. The maximum Gasteiger partial charge on any atom is 0.191 e. The van der Waals surface area contributed by atoms with Crippen molar-refractivity contribution < 1.29 is 0 Å². The van der Waals surface area contributed by atoms with Crippen molar-refractivity contribution in [2.75, 3.05) is 13.6 Å². The van der Waals surface area contributed by atoms with Crippen molar-refractivity contribution in [1.82, 2.24) is 15.6 Å². The highest BCUT2D eigenvalue weighted by molar-refractivity contribution is 6.30. The number of aliphatic imine (C=N–C) groups is 1. The number of guanidine groups is 1. The summed E-state index contributed by atoms with van der Waals surface area (Å²) in [5, 5.41) is 9.77. The van der Waals surface area contributed by atoms with E-state index in [1.165, 1.54) is 10.9 Å². The zero-order valence-electron chi connectivity index (χ0n) is 14.2. The monoisotopic (exact) mass is 352 g/mol. The molecule has 1 aromatic heterocycles. The summed E-state index contributed by atoms with van der Waals surface area (Å²) in [5.41, 5.74) is 2.25. The molecular formula is C20H21ClN4. The van der Waals surface area contributed by atoms with Crippen LogP contribution in [0.4, 0.5) is 0 Å². The fourth-order valence-corrected chi connectivity index (χ4v) is 2.81. The van der Waals surface area contributed by atoms with Gasteiger partial charge in [0.2, 0.25) is 0 Å². The van der Waals surface area contributed by atoms with Crippen LogP contribution in [0, 0.1) is 0 Å². The number of hydrogen-bond acceptors (Lipinski definition) is 2. The molecule has 0 spiro atoms. The summed E-state index contributed by atoms with van der Waals surface area (Å²) < 4.78 is 0. The minimum absolute atomic E-state index is 0.627. The molecular weight excluding hydrogens is 332 g/mol. The van der Waals surface area contributed by atoms with Gasteiger partial charge < -0.3 is 10.6 Å². The number of pyridine rings is 1. The number of aromatic nitrogens is 1. The van der Waals surface area contributed by atoms with Gasteiger partial charge in [-0.1, -0.05) is 48.0 Å². The van der Waals surface area contributed by atoms with Crippen LogP contribution < -0.4 is 10.6 Å². The maximum absolute atomic E-state index is 5.91. The molecule has 0 aliphatic rings. The number of fused-ring (bicyclic) bond motifs is 1. The number of benzene rings is 2. The van der Waals surface area contributed by atoms with Gasteiger partial charge in [-0.25, -0.2) is 0 Å². The molecule has 2 N–H and O–H groups in total. The number of nitrogens with zero attached hydrogens (tertiary/aromatic N) is 2. The minimum atomic E-state index is 0.627. The molecule has 0 aliphatic heterocycles. The second kappa shape index (κ2) is 8.49. The van der Waals surface area contributed by atoms with Crippen LogP contribution in [0.1, 0.15) is 11.3 Å². The second-order valence-electron chi connectivity index (χ2n) is 5.71. The van der Waals surface area contributed by atoms with E-state index in [9.17, 15) is 0 Å². The molecule has 0 fully saturated rings. The van der Waals surface area contributed by atoms with Crippen molar-refractivity contribution in [3.63, 3.8) is 0 Å². The third-order valence-corrected chi connectivity index (χ3v) is 4.27. The van der Waals surface area contributed by atoms with Crippen LogP contribution in [0.5, 0.6) is 0 Å².